The van der Waals surface area contributed by atoms with Crippen LogP contribution in [0.3, 0.4) is 0 Å². The van der Waals surface area contributed by atoms with E-state index in [1.165, 1.54) is 37.7 Å². The zero-order valence-electron chi connectivity index (χ0n) is 28.6. The van der Waals surface area contributed by atoms with Crippen molar-refractivity contribution < 1.29 is 10.2 Å². The topological polar surface area (TPSA) is 40.5 Å². The maximum Gasteiger partial charge on any atom is 0.0557 e. The molecule has 0 spiro atoms. The number of terminal acetylenes is 1. The molecule has 2 N–H and O–H groups in total. The van der Waals surface area contributed by atoms with E-state index in [0.29, 0.717) is 47.8 Å². The molecule has 238 valence electrons. The summed E-state index contributed by atoms with van der Waals surface area (Å²) in [5.41, 5.74) is 1.05. The Morgan fingerprint density at radius 2 is 1.48 bits per heavy atom. The minimum Gasteiger partial charge on any atom is -0.393 e. The molecule has 2 aliphatic carbocycles. The highest BCUT2D eigenvalue weighted by molar-refractivity contribution is 5.22. The molecule has 2 nitrogen and oxygen atoms in total. The van der Waals surface area contributed by atoms with Gasteiger partial charge < -0.3 is 10.2 Å². The monoisotopic (exact) mass is 579 g/mol. The van der Waals surface area contributed by atoms with Crippen LogP contribution in [0.1, 0.15) is 126 Å². The molecular weight excluding hydrogens is 512 g/mol. The summed E-state index contributed by atoms with van der Waals surface area (Å²) in [6, 6.07) is 0. The van der Waals surface area contributed by atoms with E-state index in [2.05, 4.69) is 104 Å². The molecule has 0 saturated heterocycles. The normalized spacial score (nSPS) is 35.1. The van der Waals surface area contributed by atoms with E-state index in [1.807, 2.05) is 0 Å². The summed E-state index contributed by atoms with van der Waals surface area (Å²) in [6.07, 6.45) is 34.2. The highest BCUT2D eigenvalue weighted by Crippen LogP contribution is 2.45. The first-order valence-corrected chi connectivity index (χ1v) is 17.4. The first kappa shape index (κ1) is 36.6. The molecule has 0 bridgehead atoms. The quantitative estimate of drug-likeness (QED) is 0.115. The fourth-order valence-electron chi connectivity index (χ4n) is 7.69. The average molecular weight is 579 g/mol. The van der Waals surface area contributed by atoms with Gasteiger partial charge in [-0.1, -0.05) is 108 Å². The second kappa shape index (κ2) is 18.3. The van der Waals surface area contributed by atoms with Crippen LogP contribution in [-0.2, 0) is 0 Å². The lowest BCUT2D eigenvalue weighted by Gasteiger charge is -2.42. The molecule has 0 radical (unpaired) electrons. The van der Waals surface area contributed by atoms with Gasteiger partial charge in [0.1, 0.15) is 0 Å². The maximum absolute atomic E-state index is 10.2. The Hall–Kier alpha value is -1.56. The SMILES string of the molecule is C#C[C@@]1(C)CC(O)CC(C)[C@@H]1/C=C/C(C)=C/CCC(C)C/C=C/CC(C)CCCC(C)/C=C/C1C(C)CC(O)CC1C. The van der Waals surface area contributed by atoms with Crippen molar-refractivity contribution >= 4 is 0 Å². The third-order valence-electron chi connectivity index (χ3n) is 10.5. The Bertz CT molecular complexity index is 922. The first-order chi connectivity index (χ1) is 19.8. The molecule has 2 saturated carbocycles. The highest BCUT2D eigenvalue weighted by Gasteiger charge is 2.41. The number of rotatable bonds is 15. The average Bonchev–Trinajstić information content (AvgIpc) is 2.90. The molecule has 9 atom stereocenters. The first-order valence-electron chi connectivity index (χ1n) is 17.4. The van der Waals surface area contributed by atoms with E-state index in [4.69, 9.17) is 6.42 Å². The second-order valence-electron chi connectivity index (χ2n) is 15.1. The van der Waals surface area contributed by atoms with Gasteiger partial charge in [0, 0.05) is 5.41 Å². The van der Waals surface area contributed by atoms with E-state index >= 15 is 0 Å². The van der Waals surface area contributed by atoms with Gasteiger partial charge in [-0.05, 0) is 119 Å². The smallest absolute Gasteiger partial charge is 0.0557 e. The van der Waals surface area contributed by atoms with Crippen LogP contribution in [-0.4, -0.2) is 22.4 Å². The van der Waals surface area contributed by atoms with E-state index in [9.17, 15) is 10.2 Å². The molecular formula is C40H66O2. The predicted molar refractivity (Wildman–Crippen MR) is 183 cm³/mol. The van der Waals surface area contributed by atoms with Gasteiger partial charge in [0.2, 0.25) is 0 Å². The van der Waals surface area contributed by atoms with E-state index in [0.717, 1.165) is 38.0 Å². The number of allylic oxidation sites excluding steroid dienone is 8. The van der Waals surface area contributed by atoms with Crippen molar-refractivity contribution in [2.75, 3.05) is 0 Å². The van der Waals surface area contributed by atoms with Crippen molar-refractivity contribution in [2.24, 2.45) is 52.8 Å². The van der Waals surface area contributed by atoms with Crippen molar-refractivity contribution in [2.45, 2.75) is 138 Å². The van der Waals surface area contributed by atoms with Crippen LogP contribution in [0.15, 0.2) is 48.1 Å². The molecule has 2 fully saturated rings. The molecule has 0 aromatic rings. The van der Waals surface area contributed by atoms with Crippen molar-refractivity contribution in [1.29, 1.82) is 0 Å². The molecule has 0 aromatic carbocycles. The van der Waals surface area contributed by atoms with Gasteiger partial charge in [0.25, 0.3) is 0 Å². The van der Waals surface area contributed by atoms with Crippen molar-refractivity contribution in [1.82, 2.24) is 0 Å². The van der Waals surface area contributed by atoms with E-state index < -0.39 is 0 Å². The number of aliphatic hydroxyl groups is 2. The van der Waals surface area contributed by atoms with Crippen LogP contribution in [0.5, 0.6) is 0 Å². The Balaban J connectivity index is 1.62. The number of hydrogen-bond acceptors (Lipinski definition) is 2. The van der Waals surface area contributed by atoms with Crippen molar-refractivity contribution in [3.8, 4) is 12.3 Å². The summed E-state index contributed by atoms with van der Waals surface area (Å²) in [4.78, 5) is 0. The van der Waals surface area contributed by atoms with Gasteiger partial charge in [0.05, 0.1) is 12.2 Å². The fraction of sp³-hybridized carbons (Fsp3) is 0.750. The van der Waals surface area contributed by atoms with E-state index in [-0.39, 0.29) is 17.6 Å². The second-order valence-corrected chi connectivity index (χ2v) is 15.1. The summed E-state index contributed by atoms with van der Waals surface area (Å²) in [5, 5.41) is 20.2. The van der Waals surface area contributed by atoms with Gasteiger partial charge in [0.15, 0.2) is 0 Å². The zero-order chi connectivity index (χ0) is 31.3. The van der Waals surface area contributed by atoms with Gasteiger partial charge in [-0.3, -0.25) is 0 Å². The highest BCUT2D eigenvalue weighted by atomic mass is 16.3. The third-order valence-corrected chi connectivity index (χ3v) is 10.5. The summed E-state index contributed by atoms with van der Waals surface area (Å²) in [5.74, 6) is 7.58. The fourth-order valence-corrected chi connectivity index (χ4v) is 7.69. The van der Waals surface area contributed by atoms with Gasteiger partial charge in [-0.25, -0.2) is 0 Å². The third kappa shape index (κ3) is 12.6. The molecule has 7 unspecified atom stereocenters. The molecule has 2 rings (SSSR count). The minimum absolute atomic E-state index is 0.101. The summed E-state index contributed by atoms with van der Waals surface area (Å²) >= 11 is 0. The Morgan fingerprint density at radius 3 is 2.10 bits per heavy atom. The summed E-state index contributed by atoms with van der Waals surface area (Å²) in [7, 11) is 0. The Morgan fingerprint density at radius 1 is 0.881 bits per heavy atom. The van der Waals surface area contributed by atoms with Crippen LogP contribution in [0.4, 0.5) is 0 Å². The largest absolute Gasteiger partial charge is 0.393 e. The summed E-state index contributed by atoms with van der Waals surface area (Å²) in [6.45, 7) is 18.3. The van der Waals surface area contributed by atoms with Crippen molar-refractivity contribution in [3.63, 3.8) is 0 Å². The number of hydrogen-bond donors (Lipinski definition) is 2. The zero-order valence-corrected chi connectivity index (χ0v) is 28.6. The Kier molecular flexibility index (Phi) is 16.0. The standard InChI is InChI=1S/C40H66O2/c1-10-40(9)28-37(42)27-35(8)39(40)24-22-32(5)20-14-18-30(3)16-12-11-15-29(2)17-13-19-31(4)21-23-38-33(6)25-36(41)26-34(38)7/h1,11-12,20-24,29-31,33-39,41-42H,13-19,25-28H2,2-9H3/b12-11+,23-21+,24-22+,32-20+/t29?,30?,31?,33?,34?,35?,36?,37?,38?,39-,40-/m0/s1. The lowest BCUT2D eigenvalue weighted by atomic mass is 9.62. The molecule has 2 aliphatic rings. The molecule has 0 aromatic heterocycles. The predicted octanol–water partition coefficient (Wildman–Crippen LogP) is 10.3. The van der Waals surface area contributed by atoms with Crippen LogP contribution in [0.2, 0.25) is 0 Å². The van der Waals surface area contributed by atoms with Crippen LogP contribution in [0.25, 0.3) is 0 Å². The summed E-state index contributed by atoms with van der Waals surface area (Å²) < 4.78 is 0. The molecule has 0 amide bonds. The van der Waals surface area contributed by atoms with Crippen LogP contribution >= 0.6 is 0 Å². The van der Waals surface area contributed by atoms with Crippen LogP contribution in [0, 0.1) is 65.1 Å². The van der Waals surface area contributed by atoms with Gasteiger partial charge in [-0.15, -0.1) is 6.42 Å². The molecule has 2 heteroatoms. The van der Waals surface area contributed by atoms with Gasteiger partial charge in [-0.2, -0.15) is 0 Å². The van der Waals surface area contributed by atoms with Crippen LogP contribution < -0.4 is 0 Å². The van der Waals surface area contributed by atoms with Crippen molar-refractivity contribution in [3.05, 3.63) is 48.1 Å². The van der Waals surface area contributed by atoms with Gasteiger partial charge >= 0.3 is 0 Å². The minimum atomic E-state index is -0.278. The van der Waals surface area contributed by atoms with E-state index in [1.54, 1.807) is 0 Å². The maximum atomic E-state index is 10.2. The lowest BCUT2D eigenvalue weighted by molar-refractivity contribution is 0.0274. The molecule has 0 heterocycles. The Labute approximate surface area is 261 Å². The number of aliphatic hydroxyl groups excluding tert-OH is 2. The molecule has 42 heavy (non-hydrogen) atoms. The molecule has 0 aliphatic heterocycles. The lowest BCUT2D eigenvalue weighted by Crippen LogP contribution is -2.39.